The highest BCUT2D eigenvalue weighted by Crippen LogP contribution is 2.17. The highest BCUT2D eigenvalue weighted by Gasteiger charge is 2.28. The number of nitrogens with zero attached hydrogens (tertiary/aromatic N) is 4. The Morgan fingerprint density at radius 3 is 2.16 bits per heavy atom. The number of benzene rings is 1. The fraction of sp³-hybridized carbons (Fsp3) is 0.435. The smallest absolute Gasteiger partial charge is 0.320 e. The van der Waals surface area contributed by atoms with E-state index in [1.807, 2.05) is 28.0 Å². The quantitative estimate of drug-likeness (QED) is 0.734. The van der Waals surface area contributed by atoms with Gasteiger partial charge in [0.2, 0.25) is 0 Å². The molecule has 0 saturated carbocycles. The van der Waals surface area contributed by atoms with Gasteiger partial charge in [-0.15, -0.1) is 0 Å². The molecule has 0 N–H and O–H groups in total. The average Bonchev–Trinajstić information content (AvgIpc) is 2.81. The lowest BCUT2D eigenvalue weighted by Gasteiger charge is -2.38. The van der Waals surface area contributed by atoms with Crippen LogP contribution in [0.25, 0.3) is 0 Å². The van der Waals surface area contributed by atoms with Gasteiger partial charge in [-0.2, -0.15) is 0 Å². The van der Waals surface area contributed by atoms with Crippen LogP contribution in [0.2, 0.25) is 5.02 Å². The second-order valence-electron chi connectivity index (χ2n) is 8.08. The predicted molar refractivity (Wildman–Crippen MR) is 120 cm³/mol. The Morgan fingerprint density at radius 2 is 1.45 bits per heavy atom. The standard InChI is InChI=1S/C23H27ClN4O3/c24-20-7-3-2-6-18(20)16-28-17-19(8-9-21(28)29)22(30)25-12-14-27(15-13-25)23(31)26-10-4-1-5-11-26/h2-3,6-9,17H,1,4-5,10-16H2. The highest BCUT2D eigenvalue weighted by molar-refractivity contribution is 6.31. The Labute approximate surface area is 186 Å². The molecule has 0 atom stereocenters. The van der Waals surface area contributed by atoms with Crippen LogP contribution in [0.3, 0.4) is 0 Å². The summed E-state index contributed by atoms with van der Waals surface area (Å²) in [7, 11) is 0. The second kappa shape index (κ2) is 9.56. The predicted octanol–water partition coefficient (Wildman–Crippen LogP) is 2.91. The highest BCUT2D eigenvalue weighted by atomic mass is 35.5. The lowest BCUT2D eigenvalue weighted by atomic mass is 10.1. The number of rotatable bonds is 3. The third-order valence-electron chi connectivity index (χ3n) is 5.99. The van der Waals surface area contributed by atoms with Gasteiger partial charge in [-0.25, -0.2) is 4.79 Å². The summed E-state index contributed by atoms with van der Waals surface area (Å²) in [6.07, 6.45) is 4.91. The van der Waals surface area contributed by atoms with E-state index in [0.717, 1.165) is 31.5 Å². The number of carbonyl (C=O) groups is 2. The number of aromatic nitrogens is 1. The van der Waals surface area contributed by atoms with E-state index in [4.69, 9.17) is 11.6 Å². The molecule has 2 fully saturated rings. The van der Waals surface area contributed by atoms with E-state index in [9.17, 15) is 14.4 Å². The lowest BCUT2D eigenvalue weighted by molar-refractivity contribution is 0.0632. The Morgan fingerprint density at radius 1 is 0.806 bits per heavy atom. The van der Waals surface area contributed by atoms with Crippen LogP contribution >= 0.6 is 11.6 Å². The van der Waals surface area contributed by atoms with Crippen molar-refractivity contribution in [3.05, 3.63) is 69.1 Å². The maximum absolute atomic E-state index is 13.0. The number of piperidine rings is 1. The first-order valence-electron chi connectivity index (χ1n) is 10.8. The van der Waals surface area contributed by atoms with E-state index < -0.39 is 0 Å². The average molecular weight is 443 g/mol. The van der Waals surface area contributed by atoms with Gasteiger partial charge in [0.25, 0.3) is 11.5 Å². The molecule has 7 nitrogen and oxygen atoms in total. The molecule has 0 radical (unpaired) electrons. The largest absolute Gasteiger partial charge is 0.335 e. The van der Waals surface area contributed by atoms with E-state index in [0.29, 0.717) is 43.3 Å². The first-order valence-corrected chi connectivity index (χ1v) is 11.2. The molecule has 3 amide bonds. The maximum Gasteiger partial charge on any atom is 0.320 e. The summed E-state index contributed by atoms with van der Waals surface area (Å²) in [6.45, 7) is 3.98. The summed E-state index contributed by atoms with van der Waals surface area (Å²) < 4.78 is 1.50. The Kier molecular flexibility index (Phi) is 6.61. The number of hydrogen-bond acceptors (Lipinski definition) is 3. The van der Waals surface area contributed by atoms with Gasteiger partial charge in [0.05, 0.1) is 12.1 Å². The molecule has 2 aromatic rings. The zero-order valence-electron chi connectivity index (χ0n) is 17.5. The van der Waals surface area contributed by atoms with Gasteiger partial charge >= 0.3 is 6.03 Å². The van der Waals surface area contributed by atoms with Gasteiger partial charge in [-0.3, -0.25) is 9.59 Å². The normalized spacial score (nSPS) is 17.0. The molecule has 2 aliphatic heterocycles. The van der Waals surface area contributed by atoms with E-state index in [1.54, 1.807) is 23.2 Å². The SMILES string of the molecule is O=C(c1ccc(=O)n(Cc2ccccc2Cl)c1)N1CCN(C(=O)N2CCCCC2)CC1. The first-order chi connectivity index (χ1) is 15.0. The van der Waals surface area contributed by atoms with Crippen molar-refractivity contribution in [1.82, 2.24) is 19.3 Å². The third kappa shape index (κ3) is 4.93. The van der Waals surface area contributed by atoms with Gasteiger partial charge in [0.1, 0.15) is 0 Å². The summed E-state index contributed by atoms with van der Waals surface area (Å²) in [5.74, 6) is -0.127. The molecule has 2 aliphatic rings. The molecule has 164 valence electrons. The van der Waals surface area contributed by atoms with Gasteiger partial charge in [-0.1, -0.05) is 29.8 Å². The van der Waals surface area contributed by atoms with Crippen molar-refractivity contribution in [3.63, 3.8) is 0 Å². The van der Waals surface area contributed by atoms with Crippen molar-refractivity contribution in [3.8, 4) is 0 Å². The van der Waals surface area contributed by atoms with Crippen molar-refractivity contribution < 1.29 is 9.59 Å². The number of urea groups is 1. The van der Waals surface area contributed by atoms with Crippen molar-refractivity contribution in [2.45, 2.75) is 25.8 Å². The van der Waals surface area contributed by atoms with Crippen molar-refractivity contribution >= 4 is 23.5 Å². The van der Waals surface area contributed by atoms with Crippen LogP contribution in [0.4, 0.5) is 4.79 Å². The number of halogens is 1. The van der Waals surface area contributed by atoms with Crippen molar-refractivity contribution in [2.24, 2.45) is 0 Å². The maximum atomic E-state index is 13.0. The molecular formula is C23H27ClN4O3. The second-order valence-corrected chi connectivity index (χ2v) is 8.49. The molecule has 4 rings (SSSR count). The van der Waals surface area contributed by atoms with E-state index in [1.165, 1.54) is 17.1 Å². The number of hydrogen-bond donors (Lipinski definition) is 0. The van der Waals surface area contributed by atoms with Gasteiger partial charge in [-0.05, 0) is 37.0 Å². The van der Waals surface area contributed by atoms with Crippen LogP contribution in [-0.2, 0) is 6.54 Å². The van der Waals surface area contributed by atoms with Crippen LogP contribution in [0.5, 0.6) is 0 Å². The summed E-state index contributed by atoms with van der Waals surface area (Å²) in [4.78, 5) is 43.5. The molecule has 0 spiro atoms. The van der Waals surface area contributed by atoms with Gasteiger partial charge in [0.15, 0.2) is 0 Å². The monoisotopic (exact) mass is 442 g/mol. The third-order valence-corrected chi connectivity index (χ3v) is 6.36. The molecule has 31 heavy (non-hydrogen) atoms. The number of pyridine rings is 1. The van der Waals surface area contributed by atoms with Gasteiger partial charge in [0, 0.05) is 56.6 Å². The van der Waals surface area contributed by atoms with E-state index >= 15 is 0 Å². The van der Waals surface area contributed by atoms with Crippen molar-refractivity contribution in [1.29, 1.82) is 0 Å². The molecule has 0 bridgehead atoms. The van der Waals surface area contributed by atoms with Crippen LogP contribution in [0.1, 0.15) is 35.2 Å². The molecule has 8 heteroatoms. The zero-order valence-corrected chi connectivity index (χ0v) is 18.3. The molecule has 1 aromatic heterocycles. The fourth-order valence-corrected chi connectivity index (χ4v) is 4.36. The molecule has 0 aliphatic carbocycles. The van der Waals surface area contributed by atoms with E-state index in [-0.39, 0.29) is 17.5 Å². The Bertz CT molecular complexity index is 1010. The minimum atomic E-state index is -0.187. The topological polar surface area (TPSA) is 65.9 Å². The number of carbonyl (C=O) groups excluding carboxylic acids is 2. The van der Waals surface area contributed by atoms with Crippen molar-refractivity contribution in [2.75, 3.05) is 39.3 Å². The number of likely N-dealkylation sites (tertiary alicyclic amines) is 1. The number of amides is 3. The lowest BCUT2D eigenvalue weighted by Crippen LogP contribution is -2.54. The van der Waals surface area contributed by atoms with Crippen LogP contribution in [0.15, 0.2) is 47.4 Å². The minimum absolute atomic E-state index is 0.0834. The summed E-state index contributed by atoms with van der Waals surface area (Å²) in [5.41, 5.74) is 1.09. The summed E-state index contributed by atoms with van der Waals surface area (Å²) >= 11 is 6.22. The first kappa shape index (κ1) is 21.4. The molecule has 2 saturated heterocycles. The Hall–Kier alpha value is -2.80. The molecule has 0 unspecified atom stereocenters. The molecule has 1 aromatic carbocycles. The summed E-state index contributed by atoms with van der Waals surface area (Å²) in [6, 6.07) is 10.4. The minimum Gasteiger partial charge on any atom is -0.335 e. The fourth-order valence-electron chi connectivity index (χ4n) is 4.16. The number of piperazine rings is 1. The van der Waals surface area contributed by atoms with Crippen LogP contribution in [0, 0.1) is 0 Å². The Balaban J connectivity index is 1.40. The van der Waals surface area contributed by atoms with E-state index in [2.05, 4.69) is 0 Å². The van der Waals surface area contributed by atoms with Gasteiger partial charge < -0.3 is 19.3 Å². The molecule has 3 heterocycles. The molecular weight excluding hydrogens is 416 g/mol. The van der Waals surface area contributed by atoms with Crippen LogP contribution in [-0.4, -0.2) is 70.5 Å². The zero-order chi connectivity index (χ0) is 21.8. The van der Waals surface area contributed by atoms with Crippen LogP contribution < -0.4 is 5.56 Å². The summed E-state index contributed by atoms with van der Waals surface area (Å²) in [5, 5.41) is 0.584.